The molecule has 5 aromatic carbocycles. The molecule has 0 aliphatic carbocycles. The summed E-state index contributed by atoms with van der Waals surface area (Å²) in [5.74, 6) is 0. The third kappa shape index (κ3) is 4.57. The summed E-state index contributed by atoms with van der Waals surface area (Å²) in [4.78, 5) is 4.24. The van der Waals surface area contributed by atoms with Gasteiger partial charge < -0.3 is 9.87 Å². The first kappa shape index (κ1) is 24.9. The van der Waals surface area contributed by atoms with E-state index in [2.05, 4.69) is 5.32 Å². The summed E-state index contributed by atoms with van der Waals surface area (Å²) in [5.41, 5.74) is 4.68. The predicted molar refractivity (Wildman–Crippen MR) is 146 cm³/mol. The van der Waals surface area contributed by atoms with Gasteiger partial charge in [-0.05, 0) is 42.5 Å². The molecule has 194 valence electrons. The van der Waals surface area contributed by atoms with Crippen LogP contribution >= 0.6 is 0 Å². The van der Waals surface area contributed by atoms with Gasteiger partial charge in [0, 0.05) is 40.7 Å². The Labute approximate surface area is 223 Å². The standard InChI is InChI=1S/C28H19N3O6S2/c32-38(33,34)20-12-10-18(11-13-20)29-25-17-27-28(22-15-14-21(16-23(22)25)39(35,36)37)30-24-8-4-5-9-26(24)31(27)19-6-2-1-3-7-19/h1-17H,(H2,32,33,34,35,36,37). The third-order valence-corrected chi connectivity index (χ3v) is 8.09. The first-order chi connectivity index (χ1) is 18.6. The van der Waals surface area contributed by atoms with Crippen molar-refractivity contribution in [3.63, 3.8) is 0 Å². The van der Waals surface area contributed by atoms with Crippen molar-refractivity contribution in [1.82, 2.24) is 4.98 Å². The van der Waals surface area contributed by atoms with Gasteiger partial charge in [0.2, 0.25) is 16.7 Å². The van der Waals surface area contributed by atoms with Crippen molar-refractivity contribution in [3.8, 4) is 5.69 Å². The zero-order chi connectivity index (χ0) is 27.4. The molecular formula is C28H19N3O6S2. The Morgan fingerprint density at radius 1 is 0.718 bits per heavy atom. The molecule has 9 nitrogen and oxygen atoms in total. The lowest BCUT2D eigenvalue weighted by molar-refractivity contribution is -0.538. The maximum absolute atomic E-state index is 11.9. The number of rotatable bonds is 5. The Morgan fingerprint density at radius 2 is 1.38 bits per heavy atom. The second kappa shape index (κ2) is 9.10. The number of nitrogens with zero attached hydrogens (tertiary/aromatic N) is 2. The van der Waals surface area contributed by atoms with Gasteiger partial charge in [-0.1, -0.05) is 36.4 Å². The van der Waals surface area contributed by atoms with E-state index >= 15 is 0 Å². The molecule has 0 fully saturated rings. The van der Waals surface area contributed by atoms with Crippen molar-refractivity contribution in [3.05, 3.63) is 103 Å². The van der Waals surface area contributed by atoms with Crippen molar-refractivity contribution < 1.29 is 30.5 Å². The normalized spacial score (nSPS) is 12.3. The number of nitrogens with one attached hydrogen (secondary N) is 1. The molecule has 0 radical (unpaired) electrons. The highest BCUT2D eigenvalue weighted by Gasteiger charge is 2.23. The van der Waals surface area contributed by atoms with Gasteiger partial charge in [-0.15, -0.1) is 4.57 Å². The minimum absolute atomic E-state index is 0.270. The molecule has 2 N–H and O–H groups in total. The highest BCUT2D eigenvalue weighted by molar-refractivity contribution is 7.86. The molecular weight excluding hydrogens is 538 g/mol. The number of hydrogen-bond acceptors (Lipinski definition) is 7. The van der Waals surface area contributed by atoms with Crippen LogP contribution in [0.15, 0.2) is 113 Å². The van der Waals surface area contributed by atoms with Crippen molar-refractivity contribution in [2.75, 3.05) is 5.32 Å². The van der Waals surface area contributed by atoms with Crippen LogP contribution < -0.4 is 9.88 Å². The predicted octanol–water partition coefficient (Wildman–Crippen LogP) is 4.71. The fourth-order valence-corrected chi connectivity index (χ4v) is 5.62. The second-order valence-corrected chi connectivity index (χ2v) is 11.7. The summed E-state index contributed by atoms with van der Waals surface area (Å²) in [6.45, 7) is 0. The molecule has 0 saturated heterocycles. The van der Waals surface area contributed by atoms with Crippen molar-refractivity contribution in [2.24, 2.45) is 0 Å². The largest absolute Gasteiger partial charge is 0.744 e. The van der Waals surface area contributed by atoms with Gasteiger partial charge in [0.1, 0.15) is 21.2 Å². The molecule has 1 heterocycles. The number of benzene rings is 5. The fourth-order valence-electron chi connectivity index (χ4n) is 4.64. The summed E-state index contributed by atoms with van der Waals surface area (Å²) in [7, 11) is -9.12. The van der Waals surface area contributed by atoms with E-state index in [1.54, 1.807) is 6.07 Å². The van der Waals surface area contributed by atoms with Gasteiger partial charge in [0.15, 0.2) is 0 Å². The Bertz CT molecular complexity index is 2130. The highest BCUT2D eigenvalue weighted by atomic mass is 32.2. The fraction of sp³-hybridized carbons (Fsp3) is 0. The maximum Gasteiger partial charge on any atom is 0.294 e. The molecule has 0 unspecified atom stereocenters. The molecule has 0 aliphatic heterocycles. The lowest BCUT2D eigenvalue weighted by atomic mass is 10.0. The van der Waals surface area contributed by atoms with Crippen LogP contribution in [0.4, 0.5) is 11.4 Å². The molecule has 39 heavy (non-hydrogen) atoms. The van der Waals surface area contributed by atoms with E-state index in [1.807, 2.05) is 65.2 Å². The molecule has 0 atom stereocenters. The van der Waals surface area contributed by atoms with Crippen LogP contribution in [0, 0.1) is 0 Å². The van der Waals surface area contributed by atoms with E-state index in [4.69, 9.17) is 4.98 Å². The SMILES string of the molecule is O=S(=O)([O-])c1ccc2c(c1)c(Nc1ccc(S(=O)(=O)O)cc1)cc1c2nc2ccccc2[n+]1-c1ccccc1. The van der Waals surface area contributed by atoms with Gasteiger partial charge >= 0.3 is 0 Å². The average Bonchev–Trinajstić information content (AvgIpc) is 2.91. The van der Waals surface area contributed by atoms with Crippen LogP contribution in [0.1, 0.15) is 0 Å². The summed E-state index contributed by atoms with van der Waals surface area (Å²) >= 11 is 0. The first-order valence-electron chi connectivity index (χ1n) is 11.7. The van der Waals surface area contributed by atoms with Crippen LogP contribution in [0.5, 0.6) is 0 Å². The van der Waals surface area contributed by atoms with Crippen LogP contribution in [0.2, 0.25) is 0 Å². The lowest BCUT2D eigenvalue weighted by Crippen LogP contribution is -2.33. The number of fused-ring (bicyclic) bond motifs is 4. The first-order valence-corrected chi connectivity index (χ1v) is 14.5. The van der Waals surface area contributed by atoms with E-state index < -0.39 is 25.1 Å². The van der Waals surface area contributed by atoms with Crippen molar-refractivity contribution >= 4 is 64.5 Å². The van der Waals surface area contributed by atoms with Gasteiger partial charge in [-0.2, -0.15) is 8.42 Å². The zero-order valence-corrected chi connectivity index (χ0v) is 21.6. The van der Waals surface area contributed by atoms with E-state index in [9.17, 15) is 25.9 Å². The summed E-state index contributed by atoms with van der Waals surface area (Å²) in [6.07, 6.45) is 0. The summed E-state index contributed by atoms with van der Waals surface area (Å²) in [5, 5.41) is 4.24. The molecule has 11 heteroatoms. The van der Waals surface area contributed by atoms with E-state index in [0.29, 0.717) is 33.2 Å². The topological polar surface area (TPSA) is 140 Å². The van der Waals surface area contributed by atoms with E-state index in [1.165, 1.54) is 36.4 Å². The molecule has 0 spiro atoms. The Balaban J connectivity index is 1.70. The molecule has 1 aromatic heterocycles. The Morgan fingerprint density at radius 3 is 2.08 bits per heavy atom. The summed E-state index contributed by atoms with van der Waals surface area (Å²) in [6, 6.07) is 28.7. The van der Waals surface area contributed by atoms with E-state index in [0.717, 1.165) is 16.7 Å². The van der Waals surface area contributed by atoms with Crippen LogP contribution in [0.3, 0.4) is 0 Å². The average molecular weight is 558 g/mol. The number of para-hydroxylation sites is 3. The Kier molecular flexibility index (Phi) is 5.81. The van der Waals surface area contributed by atoms with Gasteiger partial charge in [0.05, 0.1) is 15.5 Å². The highest BCUT2D eigenvalue weighted by Crippen LogP contribution is 2.35. The molecule has 0 amide bonds. The molecule has 6 aromatic rings. The minimum atomic E-state index is -4.74. The lowest BCUT2D eigenvalue weighted by Gasteiger charge is -2.15. The maximum atomic E-state index is 11.9. The van der Waals surface area contributed by atoms with Crippen LogP contribution in [0.25, 0.3) is 38.5 Å². The quantitative estimate of drug-likeness (QED) is 0.134. The van der Waals surface area contributed by atoms with Gasteiger partial charge in [-0.3, -0.25) is 4.55 Å². The van der Waals surface area contributed by atoms with Gasteiger partial charge in [0.25, 0.3) is 10.1 Å². The molecule has 0 aliphatic rings. The van der Waals surface area contributed by atoms with E-state index in [-0.39, 0.29) is 4.90 Å². The minimum Gasteiger partial charge on any atom is -0.744 e. The molecule has 0 saturated carbocycles. The van der Waals surface area contributed by atoms with Crippen LogP contribution in [-0.2, 0) is 20.2 Å². The smallest absolute Gasteiger partial charge is 0.294 e. The van der Waals surface area contributed by atoms with Gasteiger partial charge in [-0.25, -0.2) is 13.4 Å². The van der Waals surface area contributed by atoms with Crippen LogP contribution in [-0.4, -0.2) is 30.9 Å². The molecule has 0 bridgehead atoms. The number of anilines is 2. The zero-order valence-electron chi connectivity index (χ0n) is 20.0. The van der Waals surface area contributed by atoms with Crippen molar-refractivity contribution in [1.29, 1.82) is 0 Å². The number of hydrogen-bond donors (Lipinski definition) is 2. The monoisotopic (exact) mass is 557 g/mol. The van der Waals surface area contributed by atoms with Crippen molar-refractivity contribution in [2.45, 2.75) is 9.79 Å². The number of aromatic nitrogens is 2. The second-order valence-electron chi connectivity index (χ2n) is 8.85. The molecule has 6 rings (SSSR count). The summed E-state index contributed by atoms with van der Waals surface area (Å²) < 4.78 is 69.9. The third-order valence-electron chi connectivity index (χ3n) is 6.39. The Hall–Kier alpha value is -4.42.